The van der Waals surface area contributed by atoms with Gasteiger partial charge in [0, 0.05) is 13.0 Å². The van der Waals surface area contributed by atoms with Crippen LogP contribution in [0.3, 0.4) is 0 Å². The van der Waals surface area contributed by atoms with Crippen molar-refractivity contribution in [3.63, 3.8) is 0 Å². The molecule has 2 N–H and O–H groups in total. The van der Waals surface area contributed by atoms with Gasteiger partial charge in [-0.05, 0) is 68.5 Å². The van der Waals surface area contributed by atoms with E-state index in [1.54, 1.807) is 0 Å². The smallest absolute Gasteiger partial charge is 0.220 e. The van der Waals surface area contributed by atoms with Crippen LogP contribution in [0.2, 0.25) is 0 Å². The molecule has 2 unspecified atom stereocenters. The molecule has 5 heteroatoms. The van der Waals surface area contributed by atoms with E-state index in [0.717, 1.165) is 62.3 Å². The third-order valence-corrected chi connectivity index (χ3v) is 6.16. The minimum Gasteiger partial charge on any atom is -0.493 e. The van der Waals surface area contributed by atoms with Gasteiger partial charge < -0.3 is 20.1 Å². The molecule has 3 rings (SSSR count). The number of aliphatic hydroxyl groups excluding tert-OH is 1. The predicted octanol–water partition coefficient (Wildman–Crippen LogP) is 3.99. The van der Waals surface area contributed by atoms with Gasteiger partial charge in [0.2, 0.25) is 5.91 Å². The lowest BCUT2D eigenvalue weighted by molar-refractivity contribution is -0.123. The Hall–Kier alpha value is -1.59. The number of hydrogen-bond donors (Lipinski definition) is 2. The van der Waals surface area contributed by atoms with Crippen LogP contribution >= 0.6 is 0 Å². The highest BCUT2D eigenvalue weighted by molar-refractivity contribution is 5.76. The molecule has 29 heavy (non-hydrogen) atoms. The second kappa shape index (κ2) is 11.6. The second-order valence-electron chi connectivity index (χ2n) is 8.61. The Balaban J connectivity index is 1.61. The molecule has 0 radical (unpaired) electrons. The molecule has 0 aliphatic carbocycles. The first-order valence-corrected chi connectivity index (χ1v) is 11.6. The lowest BCUT2D eigenvalue weighted by Crippen LogP contribution is -2.46. The van der Waals surface area contributed by atoms with E-state index in [4.69, 9.17) is 4.74 Å². The van der Waals surface area contributed by atoms with Crippen LogP contribution < -0.4 is 10.1 Å². The minimum absolute atomic E-state index is 0.0611. The van der Waals surface area contributed by atoms with Crippen LogP contribution in [0.5, 0.6) is 5.75 Å². The van der Waals surface area contributed by atoms with Gasteiger partial charge in [-0.2, -0.15) is 0 Å². The summed E-state index contributed by atoms with van der Waals surface area (Å²) in [5.41, 5.74) is 2.04. The molecule has 2 heterocycles. The first-order chi connectivity index (χ1) is 14.2. The predicted molar refractivity (Wildman–Crippen MR) is 116 cm³/mol. The number of unbranched alkanes of at least 4 members (excludes halogenated alkanes) is 4. The maximum absolute atomic E-state index is 12.6. The summed E-state index contributed by atoms with van der Waals surface area (Å²) in [6.07, 6.45) is 9.91. The van der Waals surface area contributed by atoms with Gasteiger partial charge in [-0.15, -0.1) is 0 Å². The van der Waals surface area contributed by atoms with Gasteiger partial charge in [-0.3, -0.25) is 4.79 Å². The number of amides is 1. The largest absolute Gasteiger partial charge is 0.493 e. The summed E-state index contributed by atoms with van der Waals surface area (Å²) in [6, 6.07) is 5.70. The maximum atomic E-state index is 12.6. The number of benzene rings is 1. The highest BCUT2D eigenvalue weighted by atomic mass is 16.5. The fourth-order valence-electron chi connectivity index (χ4n) is 4.43. The quantitative estimate of drug-likeness (QED) is 0.550. The van der Waals surface area contributed by atoms with Gasteiger partial charge in [0.25, 0.3) is 0 Å². The number of nitrogens with one attached hydrogen (secondary N) is 1. The number of aliphatic hydroxyl groups is 1. The summed E-state index contributed by atoms with van der Waals surface area (Å²) < 4.78 is 5.70. The first kappa shape index (κ1) is 22.1. The molecule has 2 aliphatic rings. The molecule has 0 bridgehead atoms. The van der Waals surface area contributed by atoms with Gasteiger partial charge in [0.1, 0.15) is 11.9 Å². The molecule has 1 fully saturated rings. The molecular formula is C24H38N2O3. The number of aryl methyl sites for hydroxylation is 1. The van der Waals surface area contributed by atoms with Gasteiger partial charge in [0.15, 0.2) is 0 Å². The van der Waals surface area contributed by atoms with Crippen LogP contribution in [0.15, 0.2) is 18.2 Å². The third-order valence-electron chi connectivity index (χ3n) is 6.16. The molecule has 5 nitrogen and oxygen atoms in total. The fourth-order valence-corrected chi connectivity index (χ4v) is 4.43. The van der Waals surface area contributed by atoms with E-state index >= 15 is 0 Å². The summed E-state index contributed by atoms with van der Waals surface area (Å²) >= 11 is 0. The van der Waals surface area contributed by atoms with Crippen LogP contribution in [0.1, 0.15) is 81.9 Å². The third kappa shape index (κ3) is 6.71. The average Bonchev–Trinajstić information content (AvgIpc) is 3.25. The zero-order chi connectivity index (χ0) is 20.5. The van der Waals surface area contributed by atoms with Crippen molar-refractivity contribution in [2.45, 2.75) is 83.3 Å². The number of fused-ring (bicyclic) bond motifs is 1. The van der Waals surface area contributed by atoms with Gasteiger partial charge in [-0.1, -0.05) is 38.7 Å². The molecule has 0 spiro atoms. The van der Waals surface area contributed by atoms with Crippen molar-refractivity contribution >= 4 is 5.91 Å². The van der Waals surface area contributed by atoms with E-state index < -0.39 is 6.10 Å². The van der Waals surface area contributed by atoms with Crippen molar-refractivity contribution in [3.05, 3.63) is 29.3 Å². The maximum Gasteiger partial charge on any atom is 0.220 e. The number of ether oxygens (including phenoxy) is 1. The van der Waals surface area contributed by atoms with E-state index in [1.807, 2.05) is 12.1 Å². The topological polar surface area (TPSA) is 61.8 Å². The number of carbonyl (C=O) groups excluding carboxylic acids is 1. The van der Waals surface area contributed by atoms with Gasteiger partial charge in [0.05, 0.1) is 12.6 Å². The summed E-state index contributed by atoms with van der Waals surface area (Å²) in [6.45, 7) is 5.77. The first-order valence-electron chi connectivity index (χ1n) is 11.6. The zero-order valence-corrected chi connectivity index (χ0v) is 18.0. The second-order valence-corrected chi connectivity index (χ2v) is 8.61. The van der Waals surface area contributed by atoms with Crippen LogP contribution in [-0.4, -0.2) is 48.2 Å². The molecule has 0 aromatic heterocycles. The van der Waals surface area contributed by atoms with Crippen LogP contribution in [0.25, 0.3) is 0 Å². The number of hydrogen-bond acceptors (Lipinski definition) is 4. The van der Waals surface area contributed by atoms with Crippen molar-refractivity contribution in [1.29, 1.82) is 0 Å². The van der Waals surface area contributed by atoms with Crippen molar-refractivity contribution in [3.8, 4) is 5.75 Å². The molecule has 1 aromatic rings. The SMILES string of the molecule is CCCCCCCC(=O)NC(CN1CCCC1)C(O)c1ccc2c(c1)CCCO2. The van der Waals surface area contributed by atoms with Crippen molar-refractivity contribution in [2.24, 2.45) is 0 Å². The van der Waals surface area contributed by atoms with Crippen LogP contribution in [0, 0.1) is 0 Å². The monoisotopic (exact) mass is 402 g/mol. The van der Waals surface area contributed by atoms with Crippen molar-refractivity contribution < 1.29 is 14.6 Å². The highest BCUT2D eigenvalue weighted by Crippen LogP contribution is 2.29. The Morgan fingerprint density at radius 1 is 1.17 bits per heavy atom. The van der Waals surface area contributed by atoms with Crippen molar-refractivity contribution in [1.82, 2.24) is 10.2 Å². The summed E-state index contributed by atoms with van der Waals surface area (Å²) in [7, 11) is 0. The Kier molecular flexibility index (Phi) is 8.81. The Morgan fingerprint density at radius 3 is 2.76 bits per heavy atom. The summed E-state index contributed by atoms with van der Waals surface area (Å²) in [5.74, 6) is 0.991. The summed E-state index contributed by atoms with van der Waals surface area (Å²) in [5, 5.41) is 14.3. The van der Waals surface area contributed by atoms with E-state index in [2.05, 4.69) is 23.2 Å². The molecule has 1 aromatic carbocycles. The lowest BCUT2D eigenvalue weighted by Gasteiger charge is -2.29. The minimum atomic E-state index is -0.702. The molecule has 1 amide bonds. The molecular weight excluding hydrogens is 364 g/mol. The van der Waals surface area contributed by atoms with Crippen molar-refractivity contribution in [2.75, 3.05) is 26.2 Å². The Labute approximate surface area is 175 Å². The lowest BCUT2D eigenvalue weighted by atomic mass is 9.96. The number of rotatable bonds is 11. The number of likely N-dealkylation sites (tertiary alicyclic amines) is 1. The highest BCUT2D eigenvalue weighted by Gasteiger charge is 2.27. The standard InChI is InChI=1S/C24H38N2O3/c1-2-3-4-5-6-11-23(27)25-21(18-26-14-7-8-15-26)24(28)20-12-13-22-19(17-20)10-9-16-29-22/h12-13,17,21,24,28H,2-11,14-16,18H2,1H3,(H,25,27). The van der Waals surface area contributed by atoms with Crippen LogP contribution in [-0.2, 0) is 11.2 Å². The Bertz CT molecular complexity index is 643. The zero-order valence-electron chi connectivity index (χ0n) is 18.0. The van der Waals surface area contributed by atoms with E-state index in [0.29, 0.717) is 13.0 Å². The van der Waals surface area contributed by atoms with E-state index in [9.17, 15) is 9.90 Å². The van der Waals surface area contributed by atoms with Gasteiger partial charge >= 0.3 is 0 Å². The molecule has 2 atom stereocenters. The average molecular weight is 403 g/mol. The fraction of sp³-hybridized carbons (Fsp3) is 0.708. The van der Waals surface area contributed by atoms with E-state index in [1.165, 1.54) is 32.1 Å². The molecule has 2 aliphatic heterocycles. The normalized spacial score (nSPS) is 18.7. The van der Waals surface area contributed by atoms with Gasteiger partial charge in [-0.25, -0.2) is 0 Å². The Morgan fingerprint density at radius 2 is 1.97 bits per heavy atom. The molecule has 1 saturated heterocycles. The number of nitrogens with zero attached hydrogens (tertiary/aromatic N) is 1. The molecule has 0 saturated carbocycles. The van der Waals surface area contributed by atoms with Crippen LogP contribution in [0.4, 0.5) is 0 Å². The number of carbonyl (C=O) groups is 1. The van der Waals surface area contributed by atoms with E-state index in [-0.39, 0.29) is 11.9 Å². The summed E-state index contributed by atoms with van der Waals surface area (Å²) in [4.78, 5) is 14.9. The molecule has 162 valence electrons.